The van der Waals surface area contributed by atoms with Crippen molar-refractivity contribution in [3.8, 4) is 0 Å². The molecule has 2 aliphatic heterocycles. The van der Waals surface area contributed by atoms with Crippen LogP contribution in [0, 0.1) is 5.92 Å². The molecule has 0 aromatic heterocycles. The Hall–Kier alpha value is -0.386. The van der Waals surface area contributed by atoms with Gasteiger partial charge in [0.25, 0.3) is 0 Å². The van der Waals surface area contributed by atoms with Crippen molar-refractivity contribution in [2.24, 2.45) is 5.92 Å². The van der Waals surface area contributed by atoms with Gasteiger partial charge in [-0.2, -0.15) is 0 Å². The van der Waals surface area contributed by atoms with Crippen LogP contribution in [0.4, 0.5) is 0 Å². The highest BCUT2D eigenvalue weighted by molar-refractivity contribution is 6.81. The quantitative estimate of drug-likeness (QED) is 0.518. The van der Waals surface area contributed by atoms with Crippen molar-refractivity contribution < 1.29 is 4.74 Å². The van der Waals surface area contributed by atoms with Gasteiger partial charge in [0.1, 0.15) is 0 Å². The standard InChI is InChI=1S/C21H36OSi2/c1-7-24(8-2,9-3)21-18-13-11-10-12-17(18)19-14-16(20(21)22-19)15-23(4,5)6/h10-13,16,19-21H,7-9,14-15H2,1-6H3/t16-,19+,20-,21+/m1/s1. The van der Waals surface area contributed by atoms with E-state index in [9.17, 15) is 0 Å². The first-order valence-corrected chi connectivity index (χ1v) is 16.5. The van der Waals surface area contributed by atoms with E-state index in [1.165, 1.54) is 36.2 Å². The summed E-state index contributed by atoms with van der Waals surface area (Å²) in [7, 11) is -2.42. The van der Waals surface area contributed by atoms with E-state index >= 15 is 0 Å². The average Bonchev–Trinajstić information content (AvgIpc) is 2.89. The maximum absolute atomic E-state index is 6.76. The molecule has 0 spiro atoms. The number of ether oxygens (including phenoxy) is 1. The fourth-order valence-electron chi connectivity index (χ4n) is 5.65. The summed E-state index contributed by atoms with van der Waals surface area (Å²) in [6.45, 7) is 15.0. The predicted molar refractivity (Wildman–Crippen MR) is 110 cm³/mol. The second kappa shape index (κ2) is 6.73. The van der Waals surface area contributed by atoms with Crippen molar-refractivity contribution >= 4 is 16.1 Å². The van der Waals surface area contributed by atoms with Gasteiger partial charge in [-0.05, 0) is 23.5 Å². The van der Waals surface area contributed by atoms with Crippen LogP contribution in [0.5, 0.6) is 0 Å². The minimum atomic E-state index is -1.35. The molecule has 3 rings (SSSR count). The maximum Gasteiger partial charge on any atom is 0.0835 e. The Labute approximate surface area is 151 Å². The Balaban J connectivity index is 2.06. The van der Waals surface area contributed by atoms with Crippen molar-refractivity contribution in [1.29, 1.82) is 0 Å². The van der Waals surface area contributed by atoms with Crippen LogP contribution in [-0.2, 0) is 4.74 Å². The Morgan fingerprint density at radius 2 is 1.54 bits per heavy atom. The third-order valence-electron chi connectivity index (χ3n) is 6.96. The van der Waals surface area contributed by atoms with E-state index in [0.29, 0.717) is 17.7 Å². The first-order valence-electron chi connectivity index (χ1n) is 10.1. The van der Waals surface area contributed by atoms with Crippen LogP contribution in [0.15, 0.2) is 24.3 Å². The van der Waals surface area contributed by atoms with E-state index in [0.717, 1.165) is 5.92 Å². The lowest BCUT2D eigenvalue weighted by molar-refractivity contribution is 0.0173. The van der Waals surface area contributed by atoms with E-state index in [1.807, 2.05) is 0 Å². The molecule has 24 heavy (non-hydrogen) atoms. The number of fused-ring (bicyclic) bond motifs is 4. The van der Waals surface area contributed by atoms with Crippen molar-refractivity contribution in [3.05, 3.63) is 35.4 Å². The molecule has 0 amide bonds. The highest BCUT2D eigenvalue weighted by Gasteiger charge is 2.53. The molecule has 1 aromatic carbocycles. The van der Waals surface area contributed by atoms with E-state index in [4.69, 9.17) is 4.74 Å². The second-order valence-electron chi connectivity index (χ2n) is 9.38. The number of rotatable bonds is 6. The summed E-state index contributed by atoms with van der Waals surface area (Å²) in [6, 6.07) is 14.9. The lowest BCUT2D eigenvalue weighted by atomic mass is 9.97. The summed E-state index contributed by atoms with van der Waals surface area (Å²) in [5.74, 6) is 0.788. The Morgan fingerprint density at radius 1 is 0.958 bits per heavy atom. The van der Waals surface area contributed by atoms with Gasteiger partial charge in [-0.3, -0.25) is 0 Å². The Kier molecular flexibility index (Phi) is 5.16. The molecule has 1 aromatic rings. The number of hydrogen-bond acceptors (Lipinski definition) is 1. The molecule has 0 radical (unpaired) electrons. The van der Waals surface area contributed by atoms with Gasteiger partial charge in [-0.15, -0.1) is 0 Å². The molecule has 3 heteroatoms. The molecule has 0 aliphatic carbocycles. The molecule has 1 nitrogen and oxygen atoms in total. The zero-order valence-corrected chi connectivity index (χ0v) is 18.6. The van der Waals surface area contributed by atoms with Crippen LogP contribution in [-0.4, -0.2) is 22.3 Å². The van der Waals surface area contributed by atoms with E-state index in [-0.39, 0.29) is 0 Å². The zero-order valence-electron chi connectivity index (χ0n) is 16.6. The third-order valence-corrected chi connectivity index (χ3v) is 14.9. The van der Waals surface area contributed by atoms with Gasteiger partial charge in [0.2, 0.25) is 0 Å². The molecular formula is C21H36OSi2. The average molecular weight is 361 g/mol. The Bertz CT molecular complexity index is 565. The van der Waals surface area contributed by atoms with Gasteiger partial charge in [0.05, 0.1) is 20.3 Å². The fraction of sp³-hybridized carbons (Fsp3) is 0.714. The summed E-state index contributed by atoms with van der Waals surface area (Å²) < 4.78 is 6.76. The summed E-state index contributed by atoms with van der Waals surface area (Å²) in [4.78, 5) is 0. The van der Waals surface area contributed by atoms with Crippen molar-refractivity contribution in [2.75, 3.05) is 0 Å². The largest absolute Gasteiger partial charge is 0.370 e. The summed E-state index contributed by atoms with van der Waals surface area (Å²) >= 11 is 0. The van der Waals surface area contributed by atoms with Crippen molar-refractivity contribution in [3.63, 3.8) is 0 Å². The highest BCUT2D eigenvalue weighted by atomic mass is 28.3. The normalized spacial score (nSPS) is 29.6. The molecule has 4 atom stereocenters. The lowest BCUT2D eigenvalue weighted by Crippen LogP contribution is -2.49. The smallest absolute Gasteiger partial charge is 0.0835 e. The summed E-state index contributed by atoms with van der Waals surface area (Å²) in [5.41, 5.74) is 3.92. The van der Waals surface area contributed by atoms with Gasteiger partial charge in [0.15, 0.2) is 0 Å². The molecule has 134 valence electrons. The lowest BCUT2D eigenvalue weighted by Gasteiger charge is -2.45. The fourth-order valence-corrected chi connectivity index (χ4v) is 12.4. The Morgan fingerprint density at radius 3 is 2.08 bits per heavy atom. The van der Waals surface area contributed by atoms with Gasteiger partial charge >= 0.3 is 0 Å². The zero-order chi connectivity index (χ0) is 17.5. The van der Waals surface area contributed by atoms with Crippen LogP contribution < -0.4 is 0 Å². The maximum atomic E-state index is 6.76. The minimum absolute atomic E-state index is 0.376. The van der Waals surface area contributed by atoms with Gasteiger partial charge < -0.3 is 4.74 Å². The molecule has 0 unspecified atom stereocenters. The molecule has 1 fully saturated rings. The van der Waals surface area contributed by atoms with Crippen LogP contribution >= 0.6 is 0 Å². The topological polar surface area (TPSA) is 9.23 Å². The predicted octanol–water partition coefficient (Wildman–Crippen LogP) is 6.62. The SMILES string of the molecule is CC[Si](CC)(CC)[C@H]1c2ccccc2[C@@H]2C[C@H](C[Si](C)(C)C)[C@H]1O2. The molecule has 2 heterocycles. The minimum Gasteiger partial charge on any atom is -0.370 e. The molecule has 2 bridgehead atoms. The van der Waals surface area contributed by atoms with Crippen molar-refractivity contribution in [2.45, 2.75) is 88.8 Å². The van der Waals surface area contributed by atoms with Crippen LogP contribution in [0.3, 0.4) is 0 Å². The third kappa shape index (κ3) is 3.08. The molecule has 0 N–H and O–H groups in total. The summed E-state index contributed by atoms with van der Waals surface area (Å²) in [5, 5.41) is 0. The van der Waals surface area contributed by atoms with E-state index in [1.54, 1.807) is 5.56 Å². The van der Waals surface area contributed by atoms with E-state index < -0.39 is 16.1 Å². The van der Waals surface area contributed by atoms with Gasteiger partial charge in [-0.25, -0.2) is 0 Å². The van der Waals surface area contributed by atoms with Crippen LogP contribution in [0.1, 0.15) is 50.0 Å². The van der Waals surface area contributed by atoms with Gasteiger partial charge in [-0.1, -0.05) is 88.9 Å². The first kappa shape index (κ1) is 18.4. The van der Waals surface area contributed by atoms with Crippen LogP contribution in [0.2, 0.25) is 43.8 Å². The first-order chi connectivity index (χ1) is 11.3. The number of benzene rings is 1. The van der Waals surface area contributed by atoms with Gasteiger partial charge in [0, 0.05) is 13.6 Å². The summed E-state index contributed by atoms with van der Waals surface area (Å²) in [6.07, 6.45) is 2.15. The molecule has 1 saturated heterocycles. The van der Waals surface area contributed by atoms with Crippen LogP contribution in [0.25, 0.3) is 0 Å². The molecular weight excluding hydrogens is 324 g/mol. The second-order valence-corrected chi connectivity index (χ2v) is 20.4. The monoisotopic (exact) mass is 360 g/mol. The number of hydrogen-bond donors (Lipinski definition) is 0. The van der Waals surface area contributed by atoms with E-state index in [2.05, 4.69) is 64.7 Å². The highest BCUT2D eigenvalue weighted by Crippen LogP contribution is 2.56. The molecule has 0 saturated carbocycles. The molecule has 2 aliphatic rings. The van der Waals surface area contributed by atoms with Crippen molar-refractivity contribution in [1.82, 2.24) is 0 Å².